The van der Waals surface area contributed by atoms with Crippen molar-refractivity contribution in [1.82, 2.24) is 19.1 Å². The summed E-state index contributed by atoms with van der Waals surface area (Å²) in [7, 11) is 1.54. The third-order valence-corrected chi connectivity index (χ3v) is 5.61. The maximum atomic E-state index is 12.6. The van der Waals surface area contributed by atoms with E-state index in [4.69, 9.17) is 4.74 Å². The monoisotopic (exact) mass is 449 g/mol. The predicted octanol–water partition coefficient (Wildman–Crippen LogP) is 2.09. The number of hydrogen-bond donors (Lipinski definition) is 3. The normalized spacial score (nSPS) is 12.1. The van der Waals surface area contributed by atoms with Crippen molar-refractivity contribution in [3.05, 3.63) is 86.1 Å². The van der Waals surface area contributed by atoms with Gasteiger partial charge in [-0.05, 0) is 42.7 Å². The number of hydrogen-bond acceptors (Lipinski definition) is 6. The van der Waals surface area contributed by atoms with Gasteiger partial charge in [0.15, 0.2) is 11.2 Å². The average molecular weight is 450 g/mol. The number of aliphatic hydroxyl groups excluding tert-OH is 1. The quantitative estimate of drug-likeness (QED) is 0.380. The van der Waals surface area contributed by atoms with E-state index in [1.165, 1.54) is 11.6 Å². The van der Waals surface area contributed by atoms with Crippen molar-refractivity contribution in [2.45, 2.75) is 33.0 Å². The Kier molecular flexibility index (Phi) is 6.32. The summed E-state index contributed by atoms with van der Waals surface area (Å²) in [6, 6.07) is 15.5. The number of rotatable bonds is 8. The van der Waals surface area contributed by atoms with Crippen LogP contribution in [0.25, 0.3) is 11.2 Å². The summed E-state index contributed by atoms with van der Waals surface area (Å²) < 4.78 is 8.63. The fourth-order valence-electron chi connectivity index (χ4n) is 3.58. The van der Waals surface area contributed by atoms with Crippen LogP contribution in [-0.4, -0.2) is 36.9 Å². The van der Waals surface area contributed by atoms with E-state index >= 15 is 0 Å². The second kappa shape index (κ2) is 9.33. The van der Waals surface area contributed by atoms with E-state index in [1.54, 1.807) is 4.57 Å². The number of ether oxygens (including phenoxy) is 1. The molecule has 4 aromatic rings. The summed E-state index contributed by atoms with van der Waals surface area (Å²) in [6.07, 6.45) is -0.919. The molecule has 0 amide bonds. The zero-order chi connectivity index (χ0) is 23.5. The number of fused-ring (bicyclic) bond motifs is 1. The van der Waals surface area contributed by atoms with Gasteiger partial charge in [0, 0.05) is 13.6 Å². The van der Waals surface area contributed by atoms with Crippen molar-refractivity contribution in [2.24, 2.45) is 7.05 Å². The molecule has 9 heteroatoms. The molecule has 0 saturated carbocycles. The number of imidazole rings is 1. The molecule has 0 aliphatic carbocycles. The van der Waals surface area contributed by atoms with Gasteiger partial charge >= 0.3 is 5.69 Å². The van der Waals surface area contributed by atoms with Crippen LogP contribution in [0.5, 0.6) is 5.75 Å². The Hall–Kier alpha value is -3.85. The van der Waals surface area contributed by atoms with Gasteiger partial charge in [0.25, 0.3) is 5.56 Å². The summed E-state index contributed by atoms with van der Waals surface area (Å²) in [5.41, 5.74) is 2.62. The number of benzene rings is 2. The highest BCUT2D eigenvalue weighted by Gasteiger charge is 2.20. The van der Waals surface area contributed by atoms with Crippen LogP contribution < -0.4 is 21.3 Å². The lowest BCUT2D eigenvalue weighted by molar-refractivity contribution is 0.0938. The zero-order valence-electron chi connectivity index (χ0n) is 18.8. The van der Waals surface area contributed by atoms with Crippen LogP contribution in [0.1, 0.15) is 16.7 Å². The van der Waals surface area contributed by atoms with Gasteiger partial charge in [-0.25, -0.2) is 4.79 Å². The highest BCUT2D eigenvalue weighted by molar-refractivity contribution is 5.74. The molecule has 0 saturated heterocycles. The number of aryl methyl sites for hydroxylation is 3. The first-order valence-corrected chi connectivity index (χ1v) is 10.7. The molecule has 4 rings (SSSR count). The van der Waals surface area contributed by atoms with Gasteiger partial charge in [0.1, 0.15) is 18.5 Å². The molecule has 3 N–H and O–H groups in total. The minimum absolute atomic E-state index is 0.0317. The molecule has 1 atom stereocenters. The van der Waals surface area contributed by atoms with E-state index in [0.717, 1.165) is 16.7 Å². The van der Waals surface area contributed by atoms with Gasteiger partial charge < -0.3 is 19.7 Å². The molecule has 9 nitrogen and oxygen atoms in total. The van der Waals surface area contributed by atoms with Crippen LogP contribution >= 0.6 is 0 Å². The summed E-state index contributed by atoms with van der Waals surface area (Å²) in [5.74, 6) is 1.04. The summed E-state index contributed by atoms with van der Waals surface area (Å²) in [5, 5.41) is 13.9. The third kappa shape index (κ3) is 4.83. The molecule has 2 heterocycles. The molecule has 0 spiro atoms. The van der Waals surface area contributed by atoms with Crippen LogP contribution in [0.3, 0.4) is 0 Å². The first-order valence-electron chi connectivity index (χ1n) is 10.7. The number of aromatic amines is 1. The fourth-order valence-corrected chi connectivity index (χ4v) is 3.58. The molecule has 0 fully saturated rings. The molecule has 2 aromatic carbocycles. The second-order valence-electron chi connectivity index (χ2n) is 8.09. The molecule has 0 aliphatic rings. The summed E-state index contributed by atoms with van der Waals surface area (Å²) >= 11 is 0. The average Bonchev–Trinajstić information content (AvgIpc) is 3.16. The van der Waals surface area contributed by atoms with E-state index in [0.29, 0.717) is 18.2 Å². The molecular formula is C24H27N5O4. The van der Waals surface area contributed by atoms with Crippen molar-refractivity contribution in [1.29, 1.82) is 0 Å². The smallest absolute Gasteiger partial charge is 0.329 e. The van der Waals surface area contributed by atoms with Crippen molar-refractivity contribution >= 4 is 17.1 Å². The number of anilines is 1. The number of nitrogens with zero attached hydrogens (tertiary/aromatic N) is 3. The molecule has 0 aliphatic heterocycles. The van der Waals surface area contributed by atoms with Gasteiger partial charge in [-0.2, -0.15) is 4.98 Å². The van der Waals surface area contributed by atoms with Crippen molar-refractivity contribution in [3.8, 4) is 5.75 Å². The second-order valence-corrected chi connectivity index (χ2v) is 8.09. The van der Waals surface area contributed by atoms with E-state index in [1.807, 2.05) is 62.4 Å². The highest BCUT2D eigenvalue weighted by Crippen LogP contribution is 2.19. The lowest BCUT2D eigenvalue weighted by Gasteiger charge is -2.16. The third-order valence-electron chi connectivity index (χ3n) is 5.61. The van der Waals surface area contributed by atoms with Gasteiger partial charge in [-0.3, -0.25) is 14.3 Å². The Morgan fingerprint density at radius 1 is 1.12 bits per heavy atom. The Bertz CT molecular complexity index is 1390. The van der Waals surface area contributed by atoms with Gasteiger partial charge in [0.2, 0.25) is 5.95 Å². The van der Waals surface area contributed by atoms with E-state index in [9.17, 15) is 14.7 Å². The van der Waals surface area contributed by atoms with Crippen LogP contribution in [0.2, 0.25) is 0 Å². The van der Waals surface area contributed by atoms with Crippen LogP contribution in [0, 0.1) is 13.8 Å². The van der Waals surface area contributed by atoms with Gasteiger partial charge in [0.05, 0.1) is 6.54 Å². The van der Waals surface area contributed by atoms with Crippen molar-refractivity contribution in [2.75, 3.05) is 11.9 Å². The lowest BCUT2D eigenvalue weighted by atomic mass is 10.1. The maximum absolute atomic E-state index is 12.6. The van der Waals surface area contributed by atoms with Crippen LogP contribution in [0.15, 0.2) is 58.1 Å². The lowest BCUT2D eigenvalue weighted by Crippen LogP contribution is -2.31. The van der Waals surface area contributed by atoms with Crippen molar-refractivity contribution < 1.29 is 9.84 Å². The molecule has 0 bridgehead atoms. The molecule has 33 heavy (non-hydrogen) atoms. The van der Waals surface area contributed by atoms with E-state index in [-0.39, 0.29) is 24.3 Å². The minimum Gasteiger partial charge on any atom is -0.491 e. The maximum Gasteiger partial charge on any atom is 0.329 e. The van der Waals surface area contributed by atoms with E-state index < -0.39 is 17.4 Å². The Balaban J connectivity index is 1.61. The number of H-pyrrole nitrogens is 1. The standard InChI is InChI=1S/C24H27N5O4/c1-15-9-10-19(11-16(15)2)33-14-18(30)13-29-20-21(28(3)24(32)27-22(20)31)26-23(29)25-12-17-7-5-4-6-8-17/h4-11,18,30H,12-14H2,1-3H3,(H,25,26)(H,27,31,32)/t18-/m1/s1. The van der Waals surface area contributed by atoms with Crippen LogP contribution in [0.4, 0.5) is 5.95 Å². The molecular weight excluding hydrogens is 422 g/mol. The predicted molar refractivity (Wildman–Crippen MR) is 127 cm³/mol. The zero-order valence-corrected chi connectivity index (χ0v) is 18.8. The largest absolute Gasteiger partial charge is 0.491 e. The van der Waals surface area contributed by atoms with Gasteiger partial charge in [-0.15, -0.1) is 0 Å². The van der Waals surface area contributed by atoms with Crippen LogP contribution in [-0.2, 0) is 20.1 Å². The molecule has 0 radical (unpaired) electrons. The Labute approximate surface area is 190 Å². The van der Waals surface area contributed by atoms with E-state index in [2.05, 4.69) is 15.3 Å². The topological polar surface area (TPSA) is 114 Å². The fraction of sp³-hybridized carbons (Fsp3) is 0.292. The minimum atomic E-state index is -0.919. The number of aliphatic hydroxyl groups is 1. The Morgan fingerprint density at radius 3 is 2.61 bits per heavy atom. The Morgan fingerprint density at radius 2 is 1.88 bits per heavy atom. The first-order chi connectivity index (χ1) is 15.8. The summed E-state index contributed by atoms with van der Waals surface area (Å²) in [6.45, 7) is 4.57. The van der Waals surface area contributed by atoms with Gasteiger partial charge in [-0.1, -0.05) is 36.4 Å². The molecule has 172 valence electrons. The van der Waals surface area contributed by atoms with Crippen molar-refractivity contribution in [3.63, 3.8) is 0 Å². The molecule has 0 unspecified atom stereocenters. The highest BCUT2D eigenvalue weighted by atomic mass is 16.5. The first kappa shape index (κ1) is 22.3. The molecule has 2 aromatic heterocycles. The number of aromatic nitrogens is 4. The summed E-state index contributed by atoms with van der Waals surface area (Å²) in [4.78, 5) is 31.5. The SMILES string of the molecule is Cc1ccc(OC[C@H](O)Cn2c(NCc3ccccc3)nc3c2c(=O)[nH]c(=O)n3C)cc1C. The number of nitrogens with one attached hydrogen (secondary N) is 2.